The number of benzene rings is 1. The van der Waals surface area contributed by atoms with Gasteiger partial charge in [-0.15, -0.1) is 0 Å². The van der Waals surface area contributed by atoms with Gasteiger partial charge in [-0.2, -0.15) is 0 Å². The molecule has 0 saturated heterocycles. The lowest BCUT2D eigenvalue weighted by molar-refractivity contribution is 0.0768. The molecule has 0 aliphatic rings. The Labute approximate surface area is 121 Å². The summed E-state index contributed by atoms with van der Waals surface area (Å²) in [6.45, 7) is 5.26. The molecular weight excluding hydrogens is 345 g/mol. The number of methoxy groups -OCH3 is 2. The third-order valence-corrected chi connectivity index (χ3v) is 3.66. The average Bonchev–Trinajstić information content (AvgIpc) is 2.39. The molecule has 0 aliphatic carbocycles. The summed E-state index contributed by atoms with van der Waals surface area (Å²) in [5, 5.41) is 0. The van der Waals surface area contributed by atoms with E-state index in [2.05, 4.69) is 22.6 Å². The quantitative estimate of drug-likeness (QED) is 0.756. The maximum Gasteiger partial charge on any atom is 0.258 e. The molecule has 4 nitrogen and oxygen atoms in total. The summed E-state index contributed by atoms with van der Waals surface area (Å²) in [4.78, 5) is 14.2. The third-order valence-electron chi connectivity index (χ3n) is 2.76. The number of amides is 1. The van der Waals surface area contributed by atoms with Crippen molar-refractivity contribution in [2.45, 2.75) is 13.8 Å². The molecule has 100 valence electrons. The van der Waals surface area contributed by atoms with Gasteiger partial charge in [0.2, 0.25) is 0 Å². The minimum absolute atomic E-state index is 0.0276. The Bertz CT molecular complexity index is 430. The van der Waals surface area contributed by atoms with Gasteiger partial charge >= 0.3 is 0 Å². The van der Waals surface area contributed by atoms with Gasteiger partial charge in [-0.3, -0.25) is 4.79 Å². The SMILES string of the molecule is CCN(CC)C(=O)c1c(I)ccc(OC)c1OC. The minimum Gasteiger partial charge on any atom is -0.493 e. The molecule has 1 amide bonds. The van der Waals surface area contributed by atoms with E-state index in [9.17, 15) is 4.79 Å². The van der Waals surface area contributed by atoms with Crippen LogP contribution >= 0.6 is 22.6 Å². The first-order valence-corrected chi connectivity index (χ1v) is 6.88. The number of halogens is 1. The van der Waals surface area contributed by atoms with Gasteiger partial charge in [-0.05, 0) is 48.6 Å². The Morgan fingerprint density at radius 3 is 2.28 bits per heavy atom. The Kier molecular flexibility index (Phi) is 5.71. The molecule has 0 spiro atoms. The molecule has 0 atom stereocenters. The van der Waals surface area contributed by atoms with Gasteiger partial charge in [0, 0.05) is 16.7 Å². The molecule has 0 aliphatic heterocycles. The summed E-state index contributed by atoms with van der Waals surface area (Å²) in [6, 6.07) is 3.66. The highest BCUT2D eigenvalue weighted by Crippen LogP contribution is 2.34. The molecule has 0 saturated carbocycles. The van der Waals surface area contributed by atoms with Gasteiger partial charge in [0.25, 0.3) is 5.91 Å². The predicted octanol–water partition coefficient (Wildman–Crippen LogP) is 2.79. The Hall–Kier alpha value is -0.980. The molecule has 0 N–H and O–H groups in total. The van der Waals surface area contributed by atoms with Gasteiger partial charge in [0.15, 0.2) is 11.5 Å². The Balaban J connectivity index is 3.33. The lowest BCUT2D eigenvalue weighted by Gasteiger charge is -2.21. The molecule has 18 heavy (non-hydrogen) atoms. The largest absolute Gasteiger partial charge is 0.493 e. The first kappa shape index (κ1) is 15.1. The standard InChI is InChI=1S/C13H18INO3/c1-5-15(6-2)13(16)11-9(14)7-8-10(17-3)12(11)18-4/h7-8H,5-6H2,1-4H3. The highest BCUT2D eigenvalue weighted by atomic mass is 127. The van der Waals surface area contributed by atoms with Gasteiger partial charge in [-0.25, -0.2) is 0 Å². The molecule has 1 aromatic rings. The molecule has 0 aromatic heterocycles. The molecule has 1 rings (SSSR count). The summed E-state index contributed by atoms with van der Waals surface area (Å²) < 4.78 is 11.4. The van der Waals surface area contributed by atoms with Gasteiger partial charge < -0.3 is 14.4 Å². The second-order valence-corrected chi connectivity index (χ2v) is 4.80. The van der Waals surface area contributed by atoms with Crippen molar-refractivity contribution in [3.8, 4) is 11.5 Å². The number of carbonyl (C=O) groups is 1. The van der Waals surface area contributed by atoms with Crippen LogP contribution in [0.5, 0.6) is 11.5 Å². The van der Waals surface area contributed by atoms with E-state index in [1.165, 1.54) is 0 Å². The van der Waals surface area contributed by atoms with Crippen molar-refractivity contribution in [2.24, 2.45) is 0 Å². The molecule has 0 fully saturated rings. The van der Waals surface area contributed by atoms with Gasteiger partial charge in [0.05, 0.1) is 19.8 Å². The normalized spacial score (nSPS) is 10.1. The Morgan fingerprint density at radius 1 is 1.22 bits per heavy atom. The van der Waals surface area contributed by atoms with Gasteiger partial charge in [-0.1, -0.05) is 0 Å². The van der Waals surface area contributed by atoms with Crippen molar-refractivity contribution >= 4 is 28.5 Å². The lowest BCUT2D eigenvalue weighted by atomic mass is 10.1. The van der Waals surface area contributed by atoms with E-state index in [1.807, 2.05) is 19.9 Å². The van der Waals surface area contributed by atoms with E-state index in [0.717, 1.165) is 3.57 Å². The van der Waals surface area contributed by atoms with Crippen LogP contribution in [0, 0.1) is 3.57 Å². The summed E-state index contributed by atoms with van der Waals surface area (Å²) in [5.74, 6) is 1.05. The number of nitrogens with zero attached hydrogens (tertiary/aromatic N) is 1. The molecular formula is C13H18INO3. The predicted molar refractivity (Wildman–Crippen MR) is 79.5 cm³/mol. The van der Waals surface area contributed by atoms with Crippen LogP contribution in [0.15, 0.2) is 12.1 Å². The molecule has 5 heteroatoms. The fraction of sp³-hybridized carbons (Fsp3) is 0.462. The zero-order valence-electron chi connectivity index (χ0n) is 11.1. The fourth-order valence-electron chi connectivity index (χ4n) is 1.77. The van der Waals surface area contributed by atoms with Gasteiger partial charge in [0.1, 0.15) is 0 Å². The van der Waals surface area contributed by atoms with Crippen molar-refractivity contribution < 1.29 is 14.3 Å². The smallest absolute Gasteiger partial charge is 0.258 e. The van der Waals surface area contributed by atoms with Crippen LogP contribution in [0.3, 0.4) is 0 Å². The van der Waals surface area contributed by atoms with Crippen molar-refractivity contribution in [3.63, 3.8) is 0 Å². The number of hydrogen-bond donors (Lipinski definition) is 0. The van der Waals surface area contributed by atoms with Crippen LogP contribution in [0.4, 0.5) is 0 Å². The van der Waals surface area contributed by atoms with Crippen LogP contribution in [-0.4, -0.2) is 38.1 Å². The van der Waals surface area contributed by atoms with Crippen molar-refractivity contribution in [3.05, 3.63) is 21.3 Å². The van der Waals surface area contributed by atoms with E-state index in [4.69, 9.17) is 9.47 Å². The maximum absolute atomic E-state index is 12.5. The van der Waals surface area contributed by atoms with E-state index in [1.54, 1.807) is 25.2 Å². The van der Waals surface area contributed by atoms with E-state index in [0.29, 0.717) is 30.2 Å². The van der Waals surface area contributed by atoms with Crippen molar-refractivity contribution in [1.29, 1.82) is 0 Å². The highest BCUT2D eigenvalue weighted by Gasteiger charge is 2.23. The van der Waals surface area contributed by atoms with Crippen LogP contribution < -0.4 is 9.47 Å². The lowest BCUT2D eigenvalue weighted by Crippen LogP contribution is -2.31. The van der Waals surface area contributed by atoms with Crippen LogP contribution in [0.25, 0.3) is 0 Å². The maximum atomic E-state index is 12.5. The first-order chi connectivity index (χ1) is 8.60. The fourth-order valence-corrected chi connectivity index (χ4v) is 2.43. The van der Waals surface area contributed by atoms with E-state index >= 15 is 0 Å². The summed E-state index contributed by atoms with van der Waals surface area (Å²) in [5.41, 5.74) is 0.571. The van der Waals surface area contributed by atoms with E-state index < -0.39 is 0 Å². The van der Waals surface area contributed by atoms with Crippen molar-refractivity contribution in [1.82, 2.24) is 4.90 Å². The topological polar surface area (TPSA) is 38.8 Å². The van der Waals surface area contributed by atoms with Crippen LogP contribution in [0.1, 0.15) is 24.2 Å². The zero-order chi connectivity index (χ0) is 13.7. The molecule has 1 aromatic carbocycles. The summed E-state index contributed by atoms with van der Waals surface area (Å²) in [6.07, 6.45) is 0. The number of hydrogen-bond acceptors (Lipinski definition) is 3. The minimum atomic E-state index is -0.0276. The zero-order valence-corrected chi connectivity index (χ0v) is 13.3. The molecule has 0 bridgehead atoms. The van der Waals surface area contributed by atoms with E-state index in [-0.39, 0.29) is 5.91 Å². The second-order valence-electron chi connectivity index (χ2n) is 3.64. The molecule has 0 unspecified atom stereocenters. The second kappa shape index (κ2) is 6.82. The molecule has 0 heterocycles. The number of ether oxygens (including phenoxy) is 2. The Morgan fingerprint density at radius 2 is 1.83 bits per heavy atom. The van der Waals surface area contributed by atoms with Crippen LogP contribution in [-0.2, 0) is 0 Å². The average molecular weight is 363 g/mol. The first-order valence-electron chi connectivity index (χ1n) is 5.80. The monoisotopic (exact) mass is 363 g/mol. The highest BCUT2D eigenvalue weighted by molar-refractivity contribution is 14.1. The number of rotatable bonds is 5. The van der Waals surface area contributed by atoms with Crippen LogP contribution in [0.2, 0.25) is 0 Å². The van der Waals surface area contributed by atoms with Crippen molar-refractivity contribution in [2.75, 3.05) is 27.3 Å². The molecule has 0 radical (unpaired) electrons. The summed E-state index contributed by atoms with van der Waals surface area (Å²) >= 11 is 2.14. The number of carbonyl (C=O) groups excluding carboxylic acids is 1. The third kappa shape index (κ3) is 2.88. The summed E-state index contributed by atoms with van der Waals surface area (Å²) in [7, 11) is 3.11.